The number of aromatic nitrogens is 5. The van der Waals surface area contributed by atoms with Gasteiger partial charge < -0.3 is 34.2 Å². The molecular weight excluding hydrogens is 902 g/mol. The van der Waals surface area contributed by atoms with Crippen molar-refractivity contribution >= 4 is 98.0 Å². The quantitative estimate of drug-likeness (QED) is 0.0937. The van der Waals surface area contributed by atoms with E-state index in [1.165, 1.54) is 19.8 Å². The molecule has 4 aliphatic rings. The zero-order valence-corrected chi connectivity index (χ0v) is 37.0. The maximum absolute atomic E-state index is 11.8. The Morgan fingerprint density at radius 2 is 1.45 bits per heavy atom. The Balaban J connectivity index is 0.000000251. The van der Waals surface area contributed by atoms with Gasteiger partial charge in [-0.2, -0.15) is 10.0 Å². The molecule has 8 rings (SSSR count). The molecule has 4 aromatic rings. The maximum atomic E-state index is 11.8. The summed E-state index contributed by atoms with van der Waals surface area (Å²) >= 11 is 4.81. The van der Waals surface area contributed by atoms with Crippen LogP contribution in [0.15, 0.2) is 36.8 Å². The molecule has 0 bridgehead atoms. The number of amides is 5. The number of hydroxylamine groups is 4. The monoisotopic (exact) mass is 953 g/mol. The van der Waals surface area contributed by atoms with Crippen LogP contribution in [0.4, 0.5) is 11.8 Å². The van der Waals surface area contributed by atoms with E-state index in [0.29, 0.717) is 42.4 Å². The van der Waals surface area contributed by atoms with Crippen molar-refractivity contribution in [3.63, 3.8) is 0 Å². The molecule has 360 valence electrons. The van der Waals surface area contributed by atoms with Gasteiger partial charge in [0.1, 0.15) is 18.1 Å². The van der Waals surface area contributed by atoms with Crippen LogP contribution in [0.2, 0.25) is 0 Å². The Morgan fingerprint density at radius 3 is 2.01 bits per heavy atom. The van der Waals surface area contributed by atoms with Crippen molar-refractivity contribution in [3.05, 3.63) is 48.0 Å². The van der Waals surface area contributed by atoms with E-state index in [9.17, 15) is 43.2 Å². The topological polar surface area (TPSA) is 300 Å². The molecule has 4 aromatic heterocycles. The van der Waals surface area contributed by atoms with Gasteiger partial charge in [-0.1, -0.05) is 20.4 Å². The Hall–Kier alpha value is -6.98. The molecule has 23 nitrogen and oxygen atoms in total. The van der Waals surface area contributed by atoms with Gasteiger partial charge in [-0.3, -0.25) is 48.5 Å². The minimum Gasteiger partial charge on any atom is -0.456 e. The summed E-state index contributed by atoms with van der Waals surface area (Å²) in [6, 6.07) is 6.32. The molecule has 0 atom stereocenters. The number of aliphatic hydroxyl groups is 1. The van der Waals surface area contributed by atoms with Gasteiger partial charge in [-0.25, -0.2) is 14.8 Å². The van der Waals surface area contributed by atoms with Crippen molar-refractivity contribution in [2.75, 3.05) is 31.7 Å². The molecule has 5 amide bonds. The summed E-state index contributed by atoms with van der Waals surface area (Å²) < 4.78 is 10.9. The van der Waals surface area contributed by atoms with Gasteiger partial charge in [-0.05, 0) is 60.9 Å². The largest absolute Gasteiger partial charge is 0.456 e. The highest BCUT2D eigenvalue weighted by Crippen LogP contribution is 2.38. The Labute approximate surface area is 388 Å². The zero-order valence-electron chi connectivity index (χ0n) is 36.3. The lowest BCUT2D eigenvalue weighted by Gasteiger charge is -2.28. The third-order valence-corrected chi connectivity index (χ3v) is 10.6. The molecule has 7 heterocycles. The van der Waals surface area contributed by atoms with Gasteiger partial charge >= 0.3 is 17.9 Å². The highest BCUT2D eigenvalue weighted by molar-refractivity contribution is 6.64. The van der Waals surface area contributed by atoms with E-state index in [1.807, 2.05) is 36.8 Å². The average molecular weight is 954 g/mol. The van der Waals surface area contributed by atoms with Gasteiger partial charge in [0.15, 0.2) is 13.2 Å². The number of fused-ring (bicyclic) bond motifs is 4. The number of anilines is 2. The Morgan fingerprint density at radius 1 is 0.821 bits per heavy atom. The van der Waals surface area contributed by atoms with Gasteiger partial charge in [0.25, 0.3) is 28.9 Å². The number of halogens is 1. The fraction of sp³-hybridized carbons (Fsp3) is 0.465. The number of imide groups is 2. The third-order valence-electron chi connectivity index (χ3n) is 10.5. The first-order chi connectivity index (χ1) is 31.4. The van der Waals surface area contributed by atoms with Crippen LogP contribution in [0, 0.1) is 5.92 Å². The van der Waals surface area contributed by atoms with Crippen LogP contribution >= 0.6 is 11.6 Å². The highest BCUT2D eigenvalue weighted by Gasteiger charge is 2.33. The molecule has 1 aliphatic carbocycles. The van der Waals surface area contributed by atoms with Crippen LogP contribution in [0.3, 0.4) is 0 Å². The van der Waals surface area contributed by atoms with Crippen molar-refractivity contribution in [3.8, 4) is 0 Å². The molecule has 0 radical (unpaired) electrons. The fourth-order valence-electron chi connectivity index (χ4n) is 7.18. The first kappa shape index (κ1) is 52.6. The summed E-state index contributed by atoms with van der Waals surface area (Å²) in [5.74, 6) is -2.55. The van der Waals surface area contributed by atoms with Crippen molar-refractivity contribution in [2.45, 2.75) is 98.6 Å². The summed E-state index contributed by atoms with van der Waals surface area (Å²) in [6.07, 6.45) is 11.4. The first-order valence-corrected chi connectivity index (χ1v) is 21.1. The smallest absolute Gasteiger partial charge is 0.370 e. The summed E-state index contributed by atoms with van der Waals surface area (Å²) in [5, 5.41) is 22.9. The standard InChI is InChI=1S/C26H29N7O2.C8H9NO6.C4H5ClO3.C4H5NO3.CH4/c1-16-2-5-18(6-3-16)33-22-13-27-10-8-19(22)20-12-28-26(31-25(20)33)30-23-7-4-17-14-32(24(35)15-34)11-9-21(17)29-23;1-5(10)14-4-8(13)15-9-6(11)2-3-7(9)12;1-3(6)8-2-4(5)7;6-3-1-2-4(7)5(3)8;/h4,7-8,10,12-13,16,18,34H,2-3,5-6,9,11,14-15H2,1H3,(H,28,29,30,31);2-4H2,1H3;2H2,1H3;8H,1-2H2;1H4. The first-order valence-electron chi connectivity index (χ1n) is 20.8. The highest BCUT2D eigenvalue weighted by atomic mass is 35.5. The lowest BCUT2D eigenvalue weighted by atomic mass is 9.87. The molecule has 1 saturated carbocycles. The van der Waals surface area contributed by atoms with E-state index in [2.05, 4.69) is 41.1 Å². The Kier molecular flexibility index (Phi) is 19.3. The number of rotatable bonds is 9. The van der Waals surface area contributed by atoms with E-state index in [1.54, 1.807) is 4.90 Å². The SMILES string of the molecule is C.CC(=O)OCC(=O)Cl.CC(=O)OCC(=O)ON1C(=O)CCC1=O.CC1CCC(n2c3cnccc3c3cnc(Nc4ccc5c(n4)CCN(C(=O)CO)C5)nc32)CC1.O=C1CCC(=O)N1O. The van der Waals surface area contributed by atoms with Crippen molar-refractivity contribution in [2.24, 2.45) is 5.92 Å². The second-order valence-electron chi connectivity index (χ2n) is 15.3. The number of hydrogen-bond donors (Lipinski definition) is 3. The minimum absolute atomic E-state index is 0. The van der Waals surface area contributed by atoms with Crippen LogP contribution < -0.4 is 5.32 Å². The second-order valence-corrected chi connectivity index (χ2v) is 15.7. The van der Waals surface area contributed by atoms with Crippen molar-refractivity contribution < 1.29 is 67.8 Å². The van der Waals surface area contributed by atoms with Crippen LogP contribution in [0.1, 0.15) is 96.9 Å². The molecule has 0 unspecified atom stereocenters. The molecule has 0 spiro atoms. The number of esters is 2. The van der Waals surface area contributed by atoms with Crippen molar-refractivity contribution in [1.29, 1.82) is 0 Å². The van der Waals surface area contributed by atoms with Gasteiger partial charge in [0.05, 0.1) is 11.7 Å². The Bertz CT molecular complexity index is 2460. The van der Waals surface area contributed by atoms with Crippen LogP contribution in [-0.4, -0.2) is 129 Å². The predicted molar refractivity (Wildman–Crippen MR) is 234 cm³/mol. The van der Waals surface area contributed by atoms with Crippen molar-refractivity contribution in [1.82, 2.24) is 39.5 Å². The third kappa shape index (κ3) is 14.5. The van der Waals surface area contributed by atoms with Gasteiger partial charge in [0.2, 0.25) is 11.9 Å². The van der Waals surface area contributed by atoms with E-state index in [4.69, 9.17) is 31.9 Å². The second kappa shape index (κ2) is 24.5. The van der Waals surface area contributed by atoms with E-state index < -0.39 is 60.0 Å². The summed E-state index contributed by atoms with van der Waals surface area (Å²) in [6.45, 7) is 4.27. The molecule has 3 N–H and O–H groups in total. The van der Waals surface area contributed by atoms with E-state index in [-0.39, 0.29) is 50.7 Å². The number of nitrogens with one attached hydrogen (secondary N) is 1. The van der Waals surface area contributed by atoms with Crippen LogP contribution in [0.25, 0.3) is 21.9 Å². The number of carbonyl (C=O) groups is 9. The number of aliphatic hydroxyl groups excluding tert-OH is 1. The lowest BCUT2D eigenvalue weighted by molar-refractivity contribution is -0.200. The number of ether oxygens (including phenoxy) is 2. The number of pyridine rings is 2. The number of hydrogen-bond acceptors (Lipinski definition) is 19. The molecule has 2 saturated heterocycles. The molecule has 0 aromatic carbocycles. The summed E-state index contributed by atoms with van der Waals surface area (Å²) in [7, 11) is 0. The molecule has 3 fully saturated rings. The lowest BCUT2D eigenvalue weighted by Crippen LogP contribution is -2.37. The molecule has 3 aliphatic heterocycles. The van der Waals surface area contributed by atoms with E-state index >= 15 is 0 Å². The molecule has 67 heavy (non-hydrogen) atoms. The molecule has 24 heteroatoms. The van der Waals surface area contributed by atoms with E-state index in [0.717, 1.165) is 58.9 Å². The normalized spacial score (nSPS) is 17.4. The van der Waals surface area contributed by atoms with Gasteiger partial charge in [-0.15, -0.1) is 5.06 Å². The average Bonchev–Trinajstić information content (AvgIpc) is 3.91. The fourth-order valence-corrected chi connectivity index (χ4v) is 7.23. The molecular formula is C43H52ClN9O14. The van der Waals surface area contributed by atoms with Crippen LogP contribution in [0.5, 0.6) is 0 Å². The summed E-state index contributed by atoms with van der Waals surface area (Å²) in [4.78, 5) is 120. The van der Waals surface area contributed by atoms with Crippen LogP contribution in [-0.2, 0) is 70.4 Å². The maximum Gasteiger partial charge on any atom is 0.370 e. The summed E-state index contributed by atoms with van der Waals surface area (Å²) in [5.41, 5.74) is 4.00. The minimum atomic E-state index is -0.964. The number of carbonyl (C=O) groups excluding carboxylic acids is 9. The van der Waals surface area contributed by atoms with Gasteiger partial charge in [0, 0.05) is 93.9 Å². The zero-order chi connectivity index (χ0) is 48.1. The number of nitrogens with zero attached hydrogens (tertiary/aromatic N) is 8. The predicted octanol–water partition coefficient (Wildman–Crippen LogP) is 3.38.